The molecule has 9 heteroatoms. The molecule has 2 aliphatic heterocycles. The summed E-state index contributed by atoms with van der Waals surface area (Å²) < 4.78 is 1.82. The third-order valence-corrected chi connectivity index (χ3v) is 5.67. The van der Waals surface area contributed by atoms with Gasteiger partial charge < -0.3 is 20.4 Å². The summed E-state index contributed by atoms with van der Waals surface area (Å²) in [6, 6.07) is 6.20. The Morgan fingerprint density at radius 3 is 2.75 bits per heavy atom. The van der Waals surface area contributed by atoms with E-state index in [1.807, 2.05) is 17.7 Å². The van der Waals surface area contributed by atoms with Crippen LogP contribution in [0.3, 0.4) is 0 Å². The standard InChI is InChI=1S/C19H28N8O/c1-14-13-16(26-11-9-25(2)10-12-26)4-5-17(14)21-19(28)20-15-3-6-18-22-23-24-27(18)8-7-15/h4-5,13,15H,3,6-12H2,1-2H3,(H2,20,21,28). The highest BCUT2D eigenvalue weighted by Crippen LogP contribution is 2.23. The highest BCUT2D eigenvalue weighted by atomic mass is 16.2. The molecule has 0 spiro atoms. The Labute approximate surface area is 165 Å². The SMILES string of the molecule is Cc1cc(N2CCN(C)CC2)ccc1NC(=O)NC1CCc2nnnn2CC1. The zero-order valence-corrected chi connectivity index (χ0v) is 16.6. The number of rotatable bonds is 3. The molecule has 28 heavy (non-hydrogen) atoms. The highest BCUT2D eigenvalue weighted by Gasteiger charge is 2.20. The van der Waals surface area contributed by atoms with Gasteiger partial charge in [0.05, 0.1) is 0 Å². The molecule has 2 aliphatic rings. The predicted octanol–water partition coefficient (Wildman–Crippen LogP) is 1.26. The van der Waals surface area contributed by atoms with Gasteiger partial charge in [-0.05, 0) is 61.0 Å². The van der Waals surface area contributed by atoms with E-state index in [4.69, 9.17) is 0 Å². The molecule has 2 aromatic rings. The topological polar surface area (TPSA) is 91.2 Å². The van der Waals surface area contributed by atoms with Crippen molar-refractivity contribution in [1.29, 1.82) is 0 Å². The largest absolute Gasteiger partial charge is 0.369 e. The first-order valence-corrected chi connectivity index (χ1v) is 9.95. The van der Waals surface area contributed by atoms with Gasteiger partial charge in [-0.15, -0.1) is 5.10 Å². The number of amides is 2. The molecule has 1 fully saturated rings. The number of hydrogen-bond donors (Lipinski definition) is 2. The molecule has 0 radical (unpaired) electrons. The van der Waals surface area contributed by atoms with E-state index in [9.17, 15) is 4.79 Å². The maximum atomic E-state index is 12.5. The zero-order chi connectivity index (χ0) is 19.5. The lowest BCUT2D eigenvalue weighted by Gasteiger charge is -2.34. The summed E-state index contributed by atoms with van der Waals surface area (Å²) in [7, 11) is 2.16. The zero-order valence-electron chi connectivity index (χ0n) is 16.6. The number of nitrogens with one attached hydrogen (secondary N) is 2. The van der Waals surface area contributed by atoms with Gasteiger partial charge in [0.25, 0.3) is 0 Å². The number of fused-ring (bicyclic) bond motifs is 1. The molecule has 0 aliphatic carbocycles. The fraction of sp³-hybridized carbons (Fsp3) is 0.579. The molecule has 1 aromatic carbocycles. The number of aromatic nitrogens is 4. The van der Waals surface area contributed by atoms with Crippen molar-refractivity contribution in [2.24, 2.45) is 0 Å². The summed E-state index contributed by atoms with van der Waals surface area (Å²) >= 11 is 0. The summed E-state index contributed by atoms with van der Waals surface area (Å²) in [6.07, 6.45) is 2.44. The third kappa shape index (κ3) is 4.24. The summed E-state index contributed by atoms with van der Waals surface area (Å²) in [5.74, 6) is 0.889. The maximum Gasteiger partial charge on any atom is 0.319 e. The van der Waals surface area contributed by atoms with Gasteiger partial charge in [0.1, 0.15) is 0 Å². The van der Waals surface area contributed by atoms with Crippen LogP contribution in [0.4, 0.5) is 16.2 Å². The molecule has 150 valence electrons. The number of benzene rings is 1. The van der Waals surface area contributed by atoms with Crippen LogP contribution in [0, 0.1) is 6.92 Å². The molecule has 1 aromatic heterocycles. The second-order valence-electron chi connectivity index (χ2n) is 7.73. The molecule has 3 heterocycles. The summed E-state index contributed by atoms with van der Waals surface area (Å²) in [5.41, 5.74) is 3.14. The van der Waals surface area contributed by atoms with Crippen molar-refractivity contribution in [3.63, 3.8) is 0 Å². The van der Waals surface area contributed by atoms with Crippen LogP contribution in [0.15, 0.2) is 18.2 Å². The first kappa shape index (κ1) is 18.7. The summed E-state index contributed by atoms with van der Waals surface area (Å²) in [5, 5.41) is 17.8. The van der Waals surface area contributed by atoms with Crippen LogP contribution in [0.1, 0.15) is 24.2 Å². The number of tetrazole rings is 1. The molecule has 1 atom stereocenters. The van der Waals surface area contributed by atoms with Crippen LogP contribution >= 0.6 is 0 Å². The molecule has 4 rings (SSSR count). The molecule has 1 unspecified atom stereocenters. The van der Waals surface area contributed by atoms with Gasteiger partial charge in [-0.25, -0.2) is 9.48 Å². The van der Waals surface area contributed by atoms with Crippen molar-refractivity contribution < 1.29 is 4.79 Å². The van der Waals surface area contributed by atoms with E-state index in [-0.39, 0.29) is 12.1 Å². The number of carbonyl (C=O) groups is 1. The molecule has 0 saturated carbocycles. The lowest BCUT2D eigenvalue weighted by Crippen LogP contribution is -2.44. The van der Waals surface area contributed by atoms with Crippen LogP contribution in [0.25, 0.3) is 0 Å². The second-order valence-corrected chi connectivity index (χ2v) is 7.73. The lowest BCUT2D eigenvalue weighted by atomic mass is 10.1. The Balaban J connectivity index is 1.32. The smallest absolute Gasteiger partial charge is 0.319 e. The number of likely N-dealkylation sites (N-methyl/N-ethyl adjacent to an activating group) is 1. The minimum atomic E-state index is -0.161. The molecule has 1 saturated heterocycles. The van der Waals surface area contributed by atoms with Gasteiger partial charge in [0.15, 0.2) is 5.82 Å². The third-order valence-electron chi connectivity index (χ3n) is 5.67. The van der Waals surface area contributed by atoms with Crippen LogP contribution in [-0.2, 0) is 13.0 Å². The Morgan fingerprint density at radius 2 is 1.96 bits per heavy atom. The molecule has 0 bridgehead atoms. The molecule has 2 N–H and O–H groups in total. The van der Waals surface area contributed by atoms with Gasteiger partial charge in [-0.3, -0.25) is 0 Å². The van der Waals surface area contributed by atoms with E-state index in [1.54, 1.807) is 0 Å². The predicted molar refractivity (Wildman–Crippen MR) is 108 cm³/mol. The summed E-state index contributed by atoms with van der Waals surface area (Å²) in [4.78, 5) is 17.2. The Bertz CT molecular complexity index is 805. The average Bonchev–Trinajstić information content (AvgIpc) is 3.05. The van der Waals surface area contributed by atoms with Gasteiger partial charge in [0, 0.05) is 56.6 Å². The fourth-order valence-corrected chi connectivity index (χ4v) is 3.84. The monoisotopic (exact) mass is 384 g/mol. The average molecular weight is 384 g/mol. The van der Waals surface area contributed by atoms with Crippen molar-refractivity contribution >= 4 is 17.4 Å². The number of aryl methyl sites for hydroxylation is 3. The van der Waals surface area contributed by atoms with E-state index in [1.165, 1.54) is 5.69 Å². The van der Waals surface area contributed by atoms with Gasteiger partial charge in [0.2, 0.25) is 0 Å². The first-order chi connectivity index (χ1) is 13.6. The van der Waals surface area contributed by atoms with E-state index in [2.05, 4.69) is 55.1 Å². The van der Waals surface area contributed by atoms with Crippen LogP contribution in [0.2, 0.25) is 0 Å². The van der Waals surface area contributed by atoms with E-state index < -0.39 is 0 Å². The minimum absolute atomic E-state index is 0.105. The Morgan fingerprint density at radius 1 is 1.14 bits per heavy atom. The summed E-state index contributed by atoms with van der Waals surface area (Å²) in [6.45, 7) is 6.99. The fourth-order valence-electron chi connectivity index (χ4n) is 3.84. The minimum Gasteiger partial charge on any atom is -0.369 e. The maximum absolute atomic E-state index is 12.5. The number of carbonyl (C=O) groups excluding carboxylic acids is 1. The van der Waals surface area contributed by atoms with E-state index in [0.29, 0.717) is 0 Å². The molecule has 9 nitrogen and oxygen atoms in total. The molecular formula is C19H28N8O. The van der Waals surface area contributed by atoms with E-state index in [0.717, 1.165) is 69.1 Å². The number of hydrogen-bond acceptors (Lipinski definition) is 6. The second kappa shape index (κ2) is 8.14. The number of urea groups is 1. The first-order valence-electron chi connectivity index (χ1n) is 9.95. The highest BCUT2D eigenvalue weighted by molar-refractivity contribution is 5.90. The normalized spacial score (nSPS) is 20.4. The Kier molecular flexibility index (Phi) is 5.43. The van der Waals surface area contributed by atoms with Crippen LogP contribution < -0.4 is 15.5 Å². The number of anilines is 2. The van der Waals surface area contributed by atoms with Crippen molar-refractivity contribution in [2.75, 3.05) is 43.4 Å². The lowest BCUT2D eigenvalue weighted by molar-refractivity contribution is 0.246. The van der Waals surface area contributed by atoms with Crippen molar-refractivity contribution in [2.45, 2.75) is 38.8 Å². The van der Waals surface area contributed by atoms with Gasteiger partial charge >= 0.3 is 6.03 Å². The quantitative estimate of drug-likeness (QED) is 0.828. The van der Waals surface area contributed by atoms with Gasteiger partial charge in [-0.2, -0.15) is 0 Å². The van der Waals surface area contributed by atoms with Crippen molar-refractivity contribution in [3.8, 4) is 0 Å². The van der Waals surface area contributed by atoms with Gasteiger partial charge in [-0.1, -0.05) is 0 Å². The Hall–Kier alpha value is -2.68. The molecule has 2 amide bonds. The van der Waals surface area contributed by atoms with Crippen molar-refractivity contribution in [3.05, 3.63) is 29.6 Å². The van der Waals surface area contributed by atoms with Crippen LogP contribution in [-0.4, -0.2) is 70.4 Å². The molecular weight excluding hydrogens is 356 g/mol. The van der Waals surface area contributed by atoms with E-state index >= 15 is 0 Å². The number of piperazine rings is 1. The van der Waals surface area contributed by atoms with Crippen molar-refractivity contribution in [1.82, 2.24) is 30.4 Å². The number of nitrogens with zero attached hydrogens (tertiary/aromatic N) is 6. The van der Waals surface area contributed by atoms with Crippen LogP contribution in [0.5, 0.6) is 0 Å².